The van der Waals surface area contributed by atoms with E-state index < -0.39 is 5.97 Å². The molecule has 0 aromatic carbocycles. The number of aliphatic carboxylic acids is 1. The number of hydrogen-bond acceptors (Lipinski definition) is 5. The minimum atomic E-state index is -0.741. The fourth-order valence-corrected chi connectivity index (χ4v) is 2.73. The fraction of sp³-hybridized carbons (Fsp3) is 0.750. The highest BCUT2D eigenvalue weighted by Gasteiger charge is 2.28. The lowest BCUT2D eigenvalue weighted by Gasteiger charge is -2.25. The van der Waals surface area contributed by atoms with Crippen LogP contribution in [-0.2, 0) is 4.79 Å². The summed E-state index contributed by atoms with van der Waals surface area (Å²) in [6, 6.07) is 0.318. The molecular formula is C12H19N3O2S. The molecule has 1 aromatic rings. The van der Waals surface area contributed by atoms with Crippen LogP contribution in [0.1, 0.15) is 51.3 Å². The average Bonchev–Trinajstić information content (AvgIpc) is 3.03. The molecule has 18 heavy (non-hydrogen) atoms. The normalized spacial score (nSPS) is 15.1. The van der Waals surface area contributed by atoms with Crippen molar-refractivity contribution in [1.29, 1.82) is 0 Å². The molecule has 1 aliphatic rings. The molecule has 0 atom stereocenters. The summed E-state index contributed by atoms with van der Waals surface area (Å²) in [5.41, 5.74) is 0. The summed E-state index contributed by atoms with van der Waals surface area (Å²) in [5.74, 6) is 0.802. The molecule has 1 N–H and O–H groups in total. The summed E-state index contributed by atoms with van der Waals surface area (Å²) >= 11 is 1.43. The van der Waals surface area contributed by atoms with E-state index in [9.17, 15) is 4.79 Å². The van der Waals surface area contributed by atoms with Crippen molar-refractivity contribution in [2.24, 2.45) is 0 Å². The number of carbonyl (C=O) groups is 1. The first-order valence-electron chi connectivity index (χ1n) is 6.40. The number of rotatable bonds is 7. The standard InChI is InChI=1S/C12H19N3O2S/c1-8(2)15(7-3-4-10(16)17)12-13-11(14-18-12)9-5-6-9/h8-9H,3-7H2,1-2H3,(H,16,17). The Kier molecular flexibility index (Phi) is 4.16. The van der Waals surface area contributed by atoms with Crippen molar-refractivity contribution in [2.75, 3.05) is 11.4 Å². The van der Waals surface area contributed by atoms with Gasteiger partial charge in [-0.2, -0.15) is 4.37 Å². The summed E-state index contributed by atoms with van der Waals surface area (Å²) < 4.78 is 4.40. The van der Waals surface area contributed by atoms with Crippen molar-refractivity contribution in [2.45, 2.75) is 51.5 Å². The second-order valence-electron chi connectivity index (χ2n) is 4.99. The molecule has 0 aliphatic heterocycles. The van der Waals surface area contributed by atoms with E-state index >= 15 is 0 Å². The molecule has 1 aromatic heterocycles. The van der Waals surface area contributed by atoms with Gasteiger partial charge in [-0.25, -0.2) is 4.98 Å². The topological polar surface area (TPSA) is 66.3 Å². The molecule has 2 rings (SSSR count). The number of aromatic nitrogens is 2. The number of anilines is 1. The van der Waals surface area contributed by atoms with Gasteiger partial charge in [0.1, 0.15) is 5.82 Å². The minimum absolute atomic E-state index is 0.206. The lowest BCUT2D eigenvalue weighted by atomic mass is 10.2. The second-order valence-corrected chi connectivity index (χ2v) is 5.72. The van der Waals surface area contributed by atoms with Crippen molar-refractivity contribution >= 4 is 22.6 Å². The molecule has 0 bridgehead atoms. The van der Waals surface area contributed by atoms with Gasteiger partial charge in [0.25, 0.3) is 0 Å². The molecular weight excluding hydrogens is 250 g/mol. The number of hydrogen-bond donors (Lipinski definition) is 1. The summed E-state index contributed by atoms with van der Waals surface area (Å²) in [6.45, 7) is 4.92. The number of carboxylic acid groups (broad SMARTS) is 1. The third-order valence-corrected chi connectivity index (χ3v) is 3.80. The lowest BCUT2D eigenvalue weighted by molar-refractivity contribution is -0.137. The molecule has 0 unspecified atom stereocenters. The van der Waals surface area contributed by atoms with Gasteiger partial charge in [0.15, 0.2) is 0 Å². The molecule has 1 heterocycles. The summed E-state index contributed by atoms with van der Waals surface area (Å²) in [6.07, 6.45) is 3.26. The van der Waals surface area contributed by atoms with Crippen LogP contribution in [0.4, 0.5) is 5.13 Å². The first-order chi connectivity index (χ1) is 8.58. The SMILES string of the molecule is CC(C)N(CCCC(=O)O)c1nc(C2CC2)ns1. The lowest BCUT2D eigenvalue weighted by Crippen LogP contribution is -2.32. The molecule has 0 saturated heterocycles. The van der Waals surface area contributed by atoms with Crippen LogP contribution in [0.25, 0.3) is 0 Å². The predicted octanol–water partition coefficient (Wildman–Crippen LogP) is 2.50. The van der Waals surface area contributed by atoms with Crippen molar-refractivity contribution < 1.29 is 9.90 Å². The zero-order valence-corrected chi connectivity index (χ0v) is 11.6. The minimum Gasteiger partial charge on any atom is -0.481 e. The van der Waals surface area contributed by atoms with Crippen molar-refractivity contribution in [3.05, 3.63) is 5.82 Å². The van der Waals surface area contributed by atoms with Gasteiger partial charge in [-0.05, 0) is 33.1 Å². The van der Waals surface area contributed by atoms with E-state index in [0.29, 0.717) is 18.4 Å². The van der Waals surface area contributed by atoms with Crippen LogP contribution >= 0.6 is 11.5 Å². The van der Waals surface area contributed by atoms with E-state index in [-0.39, 0.29) is 6.42 Å². The quantitative estimate of drug-likeness (QED) is 0.823. The third-order valence-electron chi connectivity index (χ3n) is 3.03. The van der Waals surface area contributed by atoms with Crippen molar-refractivity contribution in [1.82, 2.24) is 9.36 Å². The smallest absolute Gasteiger partial charge is 0.303 e. The Hall–Kier alpha value is -1.17. The number of nitrogens with zero attached hydrogens (tertiary/aromatic N) is 3. The molecule has 1 aliphatic carbocycles. The fourth-order valence-electron chi connectivity index (χ4n) is 1.83. The first-order valence-corrected chi connectivity index (χ1v) is 7.17. The highest BCUT2D eigenvalue weighted by Crippen LogP contribution is 2.39. The Labute approximate surface area is 111 Å². The Morgan fingerprint density at radius 3 is 2.83 bits per heavy atom. The highest BCUT2D eigenvalue weighted by atomic mass is 32.1. The third kappa shape index (κ3) is 3.41. The van der Waals surface area contributed by atoms with Crippen LogP contribution in [0.3, 0.4) is 0 Å². The van der Waals surface area contributed by atoms with Crippen LogP contribution in [-0.4, -0.2) is 33.0 Å². The van der Waals surface area contributed by atoms with Gasteiger partial charge >= 0.3 is 5.97 Å². The zero-order valence-electron chi connectivity index (χ0n) is 10.8. The molecule has 6 heteroatoms. The van der Waals surface area contributed by atoms with E-state index in [0.717, 1.165) is 17.5 Å². The van der Waals surface area contributed by atoms with Gasteiger partial charge in [-0.15, -0.1) is 0 Å². The largest absolute Gasteiger partial charge is 0.481 e. The van der Waals surface area contributed by atoms with E-state index in [1.807, 2.05) is 0 Å². The van der Waals surface area contributed by atoms with E-state index in [1.54, 1.807) is 0 Å². The van der Waals surface area contributed by atoms with Crippen LogP contribution in [0.2, 0.25) is 0 Å². The van der Waals surface area contributed by atoms with Crippen molar-refractivity contribution in [3.8, 4) is 0 Å². The van der Waals surface area contributed by atoms with Crippen LogP contribution in [0.5, 0.6) is 0 Å². The zero-order chi connectivity index (χ0) is 13.1. The summed E-state index contributed by atoms with van der Waals surface area (Å²) in [5, 5.41) is 9.60. The molecule has 0 spiro atoms. The van der Waals surface area contributed by atoms with E-state index in [4.69, 9.17) is 5.11 Å². The Bertz CT molecular complexity index is 415. The molecule has 1 fully saturated rings. The first kappa shape index (κ1) is 13.3. The average molecular weight is 269 g/mol. The molecule has 5 nitrogen and oxygen atoms in total. The predicted molar refractivity (Wildman–Crippen MR) is 71.2 cm³/mol. The van der Waals surface area contributed by atoms with E-state index in [2.05, 4.69) is 28.1 Å². The van der Waals surface area contributed by atoms with Crippen LogP contribution in [0.15, 0.2) is 0 Å². The van der Waals surface area contributed by atoms with Gasteiger partial charge < -0.3 is 10.0 Å². The molecule has 1 saturated carbocycles. The highest BCUT2D eigenvalue weighted by molar-refractivity contribution is 7.09. The second kappa shape index (κ2) is 5.65. The number of carboxylic acids is 1. The molecule has 0 radical (unpaired) electrons. The monoisotopic (exact) mass is 269 g/mol. The van der Waals surface area contributed by atoms with Gasteiger partial charge in [0.2, 0.25) is 5.13 Å². The Morgan fingerprint density at radius 1 is 1.56 bits per heavy atom. The molecule has 100 valence electrons. The van der Waals surface area contributed by atoms with Crippen molar-refractivity contribution in [3.63, 3.8) is 0 Å². The van der Waals surface area contributed by atoms with Gasteiger partial charge in [0.05, 0.1) is 0 Å². The summed E-state index contributed by atoms with van der Waals surface area (Å²) in [7, 11) is 0. The van der Waals surface area contributed by atoms with Gasteiger partial charge in [-0.3, -0.25) is 4.79 Å². The van der Waals surface area contributed by atoms with Gasteiger partial charge in [0, 0.05) is 36.5 Å². The van der Waals surface area contributed by atoms with Crippen LogP contribution < -0.4 is 4.90 Å². The van der Waals surface area contributed by atoms with Crippen LogP contribution in [0, 0.1) is 0 Å². The van der Waals surface area contributed by atoms with Gasteiger partial charge in [-0.1, -0.05) is 0 Å². The maximum atomic E-state index is 10.5. The summed E-state index contributed by atoms with van der Waals surface area (Å²) in [4.78, 5) is 17.3. The maximum absolute atomic E-state index is 10.5. The Balaban J connectivity index is 1.96. The van der Waals surface area contributed by atoms with E-state index in [1.165, 1.54) is 24.4 Å². The molecule has 0 amide bonds. The Morgan fingerprint density at radius 2 is 2.28 bits per heavy atom. The maximum Gasteiger partial charge on any atom is 0.303 e.